The minimum atomic E-state index is -1.80. The summed E-state index contributed by atoms with van der Waals surface area (Å²) in [4.78, 5) is 0. The van der Waals surface area contributed by atoms with Crippen molar-refractivity contribution < 1.29 is 4.43 Å². The summed E-state index contributed by atoms with van der Waals surface area (Å²) >= 11 is 0. The average molecular weight is 365 g/mol. The van der Waals surface area contributed by atoms with Crippen molar-refractivity contribution in [3.63, 3.8) is 0 Å². The largest absolute Gasteiger partial charge is 0.412 e. The minimum absolute atomic E-state index is 0.128. The Labute approximate surface area is 154 Å². The van der Waals surface area contributed by atoms with Gasteiger partial charge in [0.15, 0.2) is 8.32 Å². The van der Waals surface area contributed by atoms with Crippen molar-refractivity contribution >= 4 is 16.4 Å². The van der Waals surface area contributed by atoms with Gasteiger partial charge in [0.2, 0.25) is 0 Å². The van der Waals surface area contributed by atoms with Crippen molar-refractivity contribution in [2.24, 2.45) is 5.92 Å². The molecule has 0 saturated carbocycles. The predicted molar refractivity (Wildman–Crippen MR) is 114 cm³/mol. The zero-order valence-corrected chi connectivity index (χ0v) is 19.9. The highest BCUT2D eigenvalue weighted by Crippen LogP contribution is 2.38. The summed E-state index contributed by atoms with van der Waals surface area (Å²) in [6.45, 7) is 22.5. The molecule has 24 heavy (non-hydrogen) atoms. The van der Waals surface area contributed by atoms with Gasteiger partial charge < -0.3 is 4.43 Å². The van der Waals surface area contributed by atoms with Gasteiger partial charge in [0.05, 0.1) is 6.10 Å². The molecule has 0 bridgehead atoms. The smallest absolute Gasteiger partial charge is 0.192 e. The molecule has 0 aliphatic heterocycles. The van der Waals surface area contributed by atoms with E-state index in [2.05, 4.69) is 84.9 Å². The molecule has 3 heteroatoms. The molecule has 0 aromatic heterocycles. The SMILES string of the molecule is CC#C[C@@H](C)[C@@H](CC#C[Si](CC)(CC)CC)O[Si](C)(C)C(C)(C)C. The van der Waals surface area contributed by atoms with Gasteiger partial charge in [-0.3, -0.25) is 0 Å². The second-order valence-corrected chi connectivity index (χ2v) is 18.1. The van der Waals surface area contributed by atoms with E-state index in [0.29, 0.717) is 0 Å². The molecule has 0 amide bonds. The number of hydrogen-bond donors (Lipinski definition) is 0. The van der Waals surface area contributed by atoms with Crippen LogP contribution in [0.4, 0.5) is 0 Å². The second-order valence-electron chi connectivity index (χ2n) is 8.45. The van der Waals surface area contributed by atoms with Crippen LogP contribution in [-0.2, 0) is 4.43 Å². The summed E-state index contributed by atoms with van der Waals surface area (Å²) in [7, 11) is -3.18. The lowest BCUT2D eigenvalue weighted by molar-refractivity contribution is 0.154. The molecule has 0 rings (SSSR count). The summed E-state index contributed by atoms with van der Waals surface area (Å²) in [5, 5.41) is 0.215. The Kier molecular flexibility index (Phi) is 9.66. The fourth-order valence-corrected chi connectivity index (χ4v) is 6.46. The lowest BCUT2D eigenvalue weighted by Gasteiger charge is -2.39. The fraction of sp³-hybridized carbons (Fsp3) is 0.810. The molecule has 0 spiro atoms. The Balaban J connectivity index is 5.37. The Bertz CT molecular complexity index is 482. The standard InChI is InChI=1S/C21H40OSi2/c1-11-16-19(5)20(22-23(9,10)21(6,7)8)17-15-18-24(12-2,13-3)14-4/h19-20H,12-14,17H2,1-10H3/t19-,20-/m1/s1. The number of hydrogen-bond acceptors (Lipinski definition) is 1. The van der Waals surface area contributed by atoms with E-state index >= 15 is 0 Å². The molecule has 0 aromatic carbocycles. The lowest BCUT2D eigenvalue weighted by Crippen LogP contribution is -2.45. The molecule has 0 aliphatic carbocycles. The fourth-order valence-electron chi connectivity index (χ4n) is 2.55. The third-order valence-corrected chi connectivity index (χ3v) is 15.1. The van der Waals surface area contributed by atoms with Crippen LogP contribution in [0, 0.1) is 29.2 Å². The van der Waals surface area contributed by atoms with Gasteiger partial charge in [-0.05, 0) is 50.1 Å². The molecular formula is C21H40OSi2. The van der Waals surface area contributed by atoms with Gasteiger partial charge in [-0.1, -0.05) is 47.5 Å². The monoisotopic (exact) mass is 364 g/mol. The minimum Gasteiger partial charge on any atom is -0.412 e. The summed E-state index contributed by atoms with van der Waals surface area (Å²) in [5.41, 5.74) is 3.71. The lowest BCUT2D eigenvalue weighted by atomic mass is 10.0. The molecular weight excluding hydrogens is 324 g/mol. The van der Waals surface area contributed by atoms with Crippen LogP contribution in [0.2, 0.25) is 36.3 Å². The molecule has 1 nitrogen and oxygen atoms in total. The van der Waals surface area contributed by atoms with Crippen molar-refractivity contribution in [1.29, 1.82) is 0 Å². The van der Waals surface area contributed by atoms with E-state index in [1.807, 2.05) is 6.92 Å². The Morgan fingerprint density at radius 1 is 1.00 bits per heavy atom. The summed E-state index contributed by atoms with van der Waals surface area (Å²) in [6, 6.07) is 3.77. The first-order chi connectivity index (χ1) is 11.0. The maximum Gasteiger partial charge on any atom is 0.192 e. The molecule has 2 atom stereocenters. The van der Waals surface area contributed by atoms with Gasteiger partial charge in [0, 0.05) is 12.3 Å². The van der Waals surface area contributed by atoms with E-state index in [1.54, 1.807) is 0 Å². The third-order valence-electron chi connectivity index (χ3n) is 5.87. The Hall–Kier alpha value is -0.486. The Morgan fingerprint density at radius 2 is 1.50 bits per heavy atom. The molecule has 0 radical (unpaired) electrons. The van der Waals surface area contributed by atoms with Crippen LogP contribution in [-0.4, -0.2) is 22.5 Å². The van der Waals surface area contributed by atoms with Gasteiger partial charge in [-0.25, -0.2) is 0 Å². The van der Waals surface area contributed by atoms with Gasteiger partial charge in [-0.15, -0.1) is 17.4 Å². The quantitative estimate of drug-likeness (QED) is 0.371. The number of rotatable bonds is 7. The zero-order valence-electron chi connectivity index (χ0n) is 17.9. The zero-order chi connectivity index (χ0) is 19.0. The van der Waals surface area contributed by atoms with Crippen molar-refractivity contribution in [3.05, 3.63) is 0 Å². The first-order valence-electron chi connectivity index (χ1n) is 9.58. The maximum absolute atomic E-state index is 6.68. The highest BCUT2D eigenvalue weighted by molar-refractivity contribution is 6.87. The molecule has 138 valence electrons. The second kappa shape index (κ2) is 9.86. The van der Waals surface area contributed by atoms with E-state index in [0.717, 1.165) is 6.42 Å². The topological polar surface area (TPSA) is 9.23 Å². The van der Waals surface area contributed by atoms with Crippen LogP contribution >= 0.6 is 0 Å². The molecule has 0 aromatic rings. The predicted octanol–water partition coefficient (Wildman–Crippen LogP) is 6.48. The van der Waals surface area contributed by atoms with Crippen LogP contribution in [0.15, 0.2) is 0 Å². The normalized spacial score (nSPS) is 14.9. The van der Waals surface area contributed by atoms with E-state index in [1.165, 1.54) is 18.1 Å². The summed E-state index contributed by atoms with van der Waals surface area (Å²) in [5.74, 6) is 10.1. The van der Waals surface area contributed by atoms with Crippen molar-refractivity contribution in [2.45, 2.75) is 104 Å². The highest BCUT2D eigenvalue weighted by atomic mass is 28.4. The summed E-state index contributed by atoms with van der Waals surface area (Å²) in [6.07, 6.45) is 0.944. The van der Waals surface area contributed by atoms with Gasteiger partial charge in [0.1, 0.15) is 8.07 Å². The Morgan fingerprint density at radius 3 is 1.88 bits per heavy atom. The molecule has 0 fully saturated rings. The third kappa shape index (κ3) is 6.79. The molecule has 0 N–H and O–H groups in total. The molecule has 0 aliphatic rings. The van der Waals surface area contributed by atoms with Gasteiger partial charge >= 0.3 is 0 Å². The van der Waals surface area contributed by atoms with Gasteiger partial charge in [-0.2, -0.15) is 0 Å². The molecule has 0 saturated heterocycles. The molecule has 0 unspecified atom stereocenters. The van der Waals surface area contributed by atoms with Crippen LogP contribution in [0.3, 0.4) is 0 Å². The first kappa shape index (κ1) is 23.5. The van der Waals surface area contributed by atoms with E-state index < -0.39 is 16.4 Å². The summed E-state index contributed by atoms with van der Waals surface area (Å²) < 4.78 is 6.68. The van der Waals surface area contributed by atoms with E-state index in [-0.39, 0.29) is 17.1 Å². The van der Waals surface area contributed by atoms with Gasteiger partial charge in [0.25, 0.3) is 0 Å². The average Bonchev–Trinajstić information content (AvgIpc) is 2.50. The van der Waals surface area contributed by atoms with Crippen molar-refractivity contribution in [3.8, 4) is 23.3 Å². The van der Waals surface area contributed by atoms with Crippen LogP contribution in [0.1, 0.15) is 61.8 Å². The van der Waals surface area contributed by atoms with Crippen LogP contribution < -0.4 is 0 Å². The van der Waals surface area contributed by atoms with Crippen LogP contribution in [0.25, 0.3) is 0 Å². The molecule has 0 heterocycles. The maximum atomic E-state index is 6.68. The highest BCUT2D eigenvalue weighted by Gasteiger charge is 2.39. The van der Waals surface area contributed by atoms with Crippen molar-refractivity contribution in [2.75, 3.05) is 0 Å². The van der Waals surface area contributed by atoms with Crippen LogP contribution in [0.5, 0.6) is 0 Å². The van der Waals surface area contributed by atoms with E-state index in [4.69, 9.17) is 4.43 Å². The van der Waals surface area contributed by atoms with Crippen molar-refractivity contribution in [1.82, 2.24) is 0 Å². The van der Waals surface area contributed by atoms with E-state index in [9.17, 15) is 0 Å². The first-order valence-corrected chi connectivity index (χ1v) is 15.1.